The van der Waals surface area contributed by atoms with Gasteiger partial charge in [-0.25, -0.2) is 0 Å². The van der Waals surface area contributed by atoms with E-state index < -0.39 is 74.2 Å². The van der Waals surface area contributed by atoms with Crippen molar-refractivity contribution in [3.8, 4) is 0 Å². The van der Waals surface area contributed by atoms with Crippen LogP contribution in [0.5, 0.6) is 0 Å². The topological polar surface area (TPSA) is 189 Å². The average molecular weight is 983 g/mol. The first kappa shape index (κ1) is 65.6. The fourth-order valence-corrected chi connectivity index (χ4v) is 9.46. The zero-order chi connectivity index (χ0) is 50.4. The summed E-state index contributed by atoms with van der Waals surface area (Å²) in [6, 6.07) is -1.19. The molecule has 1 aliphatic heterocycles. The van der Waals surface area contributed by atoms with Gasteiger partial charge in [-0.15, -0.1) is 0 Å². The van der Waals surface area contributed by atoms with E-state index in [4.69, 9.17) is 9.47 Å². The third kappa shape index (κ3) is 36.2. The molecule has 408 valence electrons. The number of carbonyl (C=O) groups excluding carboxylic acids is 1. The quantitative estimate of drug-likeness (QED) is 0.0215. The van der Waals surface area contributed by atoms with Gasteiger partial charge in [-0.05, 0) is 51.4 Å². The summed E-state index contributed by atoms with van der Waals surface area (Å²) in [5, 5.41) is 76.0. The van der Waals surface area contributed by atoms with E-state index in [-0.39, 0.29) is 12.8 Å². The molecule has 1 fully saturated rings. The summed E-state index contributed by atoms with van der Waals surface area (Å²) >= 11 is 0. The molecule has 69 heavy (non-hydrogen) atoms. The number of unbranched alkanes of at least 4 members (excludes halogenated alkanes) is 34. The van der Waals surface area contributed by atoms with E-state index in [9.17, 15) is 40.5 Å². The predicted octanol–water partition coefficient (Wildman–Crippen LogP) is 12.1. The first-order valence-corrected chi connectivity index (χ1v) is 29.2. The van der Waals surface area contributed by atoms with Gasteiger partial charge in [0.05, 0.1) is 25.4 Å². The van der Waals surface area contributed by atoms with Gasteiger partial charge in [-0.2, -0.15) is 0 Å². The van der Waals surface area contributed by atoms with E-state index in [0.29, 0.717) is 19.3 Å². The molecule has 11 nitrogen and oxygen atoms in total. The lowest BCUT2D eigenvalue weighted by atomic mass is 9.98. The number of hydrogen-bond donors (Lipinski definition) is 8. The SMILES string of the molecule is CCCCCCCC/C=C/CC/C=C/CCCC(O)C(O)C(COC1OC(CO)C(O)C(O)C1O)NC(=O)C(O)CCCCCCCCCCCCCCCCCCCCCCCCCCCCC. The molecule has 0 aromatic heterocycles. The van der Waals surface area contributed by atoms with Crippen molar-refractivity contribution in [1.82, 2.24) is 5.32 Å². The van der Waals surface area contributed by atoms with Crippen LogP contribution >= 0.6 is 0 Å². The second kappa shape index (κ2) is 47.6. The average Bonchev–Trinajstić information content (AvgIpc) is 3.35. The third-order valence-electron chi connectivity index (χ3n) is 14.2. The molecule has 9 atom stereocenters. The minimum atomic E-state index is -1.67. The molecule has 0 spiro atoms. The van der Waals surface area contributed by atoms with Gasteiger partial charge in [0.1, 0.15) is 36.6 Å². The van der Waals surface area contributed by atoms with Crippen LogP contribution in [0.4, 0.5) is 0 Å². The highest BCUT2D eigenvalue weighted by Gasteiger charge is 2.44. The second-order valence-electron chi connectivity index (χ2n) is 20.7. The van der Waals surface area contributed by atoms with Gasteiger partial charge in [0, 0.05) is 0 Å². The largest absolute Gasteiger partial charge is 0.394 e. The smallest absolute Gasteiger partial charge is 0.249 e. The van der Waals surface area contributed by atoms with Crippen LogP contribution in [-0.4, -0.2) is 110 Å². The number of carbonyl (C=O) groups is 1. The first-order valence-electron chi connectivity index (χ1n) is 29.2. The van der Waals surface area contributed by atoms with Gasteiger partial charge in [0.2, 0.25) is 5.91 Å². The van der Waals surface area contributed by atoms with E-state index >= 15 is 0 Å². The number of aliphatic hydroxyl groups is 7. The predicted molar refractivity (Wildman–Crippen MR) is 284 cm³/mol. The Kier molecular flexibility index (Phi) is 45.2. The van der Waals surface area contributed by atoms with Crippen molar-refractivity contribution in [2.75, 3.05) is 13.2 Å². The number of hydrogen-bond acceptors (Lipinski definition) is 10. The molecule has 1 heterocycles. The zero-order valence-corrected chi connectivity index (χ0v) is 44.6. The van der Waals surface area contributed by atoms with Gasteiger partial charge < -0.3 is 50.5 Å². The number of allylic oxidation sites excluding steroid dienone is 4. The molecule has 1 aliphatic rings. The van der Waals surface area contributed by atoms with Crippen LogP contribution in [0.15, 0.2) is 24.3 Å². The summed E-state index contributed by atoms with van der Waals surface area (Å²) in [6.07, 6.45) is 45.3. The van der Waals surface area contributed by atoms with Crippen LogP contribution in [0.3, 0.4) is 0 Å². The van der Waals surface area contributed by atoms with E-state index in [1.807, 2.05) is 0 Å². The van der Waals surface area contributed by atoms with E-state index in [0.717, 1.165) is 38.5 Å². The Morgan fingerprint density at radius 2 is 0.870 bits per heavy atom. The minimum absolute atomic E-state index is 0.248. The number of nitrogens with one attached hydrogen (secondary N) is 1. The van der Waals surface area contributed by atoms with Crippen molar-refractivity contribution in [3.05, 3.63) is 24.3 Å². The molecule has 0 aromatic carbocycles. The van der Waals surface area contributed by atoms with Gasteiger partial charge in [0.25, 0.3) is 0 Å². The van der Waals surface area contributed by atoms with Crippen LogP contribution in [0.2, 0.25) is 0 Å². The van der Waals surface area contributed by atoms with Crippen molar-refractivity contribution >= 4 is 5.91 Å². The molecule has 1 saturated heterocycles. The Morgan fingerprint density at radius 3 is 1.29 bits per heavy atom. The van der Waals surface area contributed by atoms with Crippen LogP contribution in [0.1, 0.15) is 271 Å². The van der Waals surface area contributed by atoms with Crippen LogP contribution in [-0.2, 0) is 14.3 Å². The summed E-state index contributed by atoms with van der Waals surface area (Å²) < 4.78 is 11.1. The maximum absolute atomic E-state index is 13.2. The maximum Gasteiger partial charge on any atom is 0.249 e. The Bertz CT molecular complexity index is 1170. The van der Waals surface area contributed by atoms with Crippen LogP contribution in [0, 0.1) is 0 Å². The fourth-order valence-electron chi connectivity index (χ4n) is 9.46. The second-order valence-corrected chi connectivity index (χ2v) is 20.7. The Labute approximate surface area is 423 Å². The molecule has 0 bridgehead atoms. The van der Waals surface area contributed by atoms with E-state index in [1.165, 1.54) is 186 Å². The Morgan fingerprint density at radius 1 is 0.493 bits per heavy atom. The highest BCUT2D eigenvalue weighted by molar-refractivity contribution is 5.80. The van der Waals surface area contributed by atoms with Crippen molar-refractivity contribution in [3.63, 3.8) is 0 Å². The molecule has 0 saturated carbocycles. The summed E-state index contributed by atoms with van der Waals surface area (Å²) in [5.74, 6) is -0.706. The molecule has 1 rings (SSSR count). The van der Waals surface area contributed by atoms with Crippen molar-refractivity contribution in [1.29, 1.82) is 0 Å². The van der Waals surface area contributed by atoms with E-state index in [2.05, 4.69) is 43.5 Å². The molecule has 11 heteroatoms. The Hall–Kier alpha value is -1.41. The molecule has 0 aliphatic carbocycles. The molecule has 0 radical (unpaired) electrons. The minimum Gasteiger partial charge on any atom is -0.394 e. The molecule has 0 aromatic rings. The standard InChI is InChI=1S/C58H111NO10/c1-3-5-7-9-11-13-15-17-19-20-21-22-23-24-25-26-27-28-29-30-32-34-36-38-40-42-44-46-51(62)57(67)59-49(48-68-58-56(66)55(65)54(64)52(47-60)69-58)53(63)50(61)45-43-41-39-37-35-33-31-18-16-14-12-10-8-6-4-2/h18,31,37,39,49-56,58,60-66H,3-17,19-30,32-36,38,40-48H2,1-2H3,(H,59,67)/b31-18+,39-37+. The van der Waals surface area contributed by atoms with Gasteiger partial charge in [-0.1, -0.05) is 244 Å². The lowest BCUT2D eigenvalue weighted by Gasteiger charge is -2.40. The highest BCUT2D eigenvalue weighted by Crippen LogP contribution is 2.23. The lowest BCUT2D eigenvalue weighted by molar-refractivity contribution is -0.303. The number of amides is 1. The van der Waals surface area contributed by atoms with Crippen LogP contribution in [0.25, 0.3) is 0 Å². The monoisotopic (exact) mass is 982 g/mol. The number of aliphatic hydroxyl groups excluding tert-OH is 7. The molecular weight excluding hydrogens is 871 g/mol. The fraction of sp³-hybridized carbons (Fsp3) is 0.914. The highest BCUT2D eigenvalue weighted by atomic mass is 16.7. The first-order chi connectivity index (χ1) is 33.7. The molecule has 8 N–H and O–H groups in total. The van der Waals surface area contributed by atoms with Crippen LogP contribution < -0.4 is 5.32 Å². The van der Waals surface area contributed by atoms with Gasteiger partial charge >= 0.3 is 0 Å². The molecule has 9 unspecified atom stereocenters. The summed E-state index contributed by atoms with van der Waals surface area (Å²) in [5.41, 5.74) is 0. The normalized spacial score (nSPS) is 20.5. The summed E-state index contributed by atoms with van der Waals surface area (Å²) in [4.78, 5) is 13.2. The molecule has 1 amide bonds. The maximum atomic E-state index is 13.2. The third-order valence-corrected chi connectivity index (χ3v) is 14.2. The van der Waals surface area contributed by atoms with E-state index in [1.54, 1.807) is 0 Å². The van der Waals surface area contributed by atoms with Crippen molar-refractivity contribution in [2.24, 2.45) is 0 Å². The Balaban J connectivity index is 2.27. The van der Waals surface area contributed by atoms with Crippen molar-refractivity contribution in [2.45, 2.75) is 326 Å². The van der Waals surface area contributed by atoms with Gasteiger partial charge in [0.15, 0.2) is 6.29 Å². The zero-order valence-electron chi connectivity index (χ0n) is 44.6. The molecular formula is C58H111NO10. The number of rotatable bonds is 50. The summed E-state index contributed by atoms with van der Waals surface area (Å²) in [7, 11) is 0. The summed E-state index contributed by atoms with van der Waals surface area (Å²) in [6.45, 7) is 3.45. The van der Waals surface area contributed by atoms with Gasteiger partial charge in [-0.3, -0.25) is 4.79 Å². The lowest BCUT2D eigenvalue weighted by Crippen LogP contribution is -2.60. The van der Waals surface area contributed by atoms with Crippen molar-refractivity contribution < 1.29 is 50.0 Å². The number of ether oxygens (including phenoxy) is 2.